The van der Waals surface area contributed by atoms with Crippen molar-refractivity contribution in [2.24, 2.45) is 5.92 Å². The van der Waals surface area contributed by atoms with E-state index < -0.39 is 0 Å². The largest absolute Gasteiger partial charge is 0.0843 e. The van der Waals surface area contributed by atoms with E-state index in [1.807, 2.05) is 12.1 Å². The van der Waals surface area contributed by atoms with Crippen LogP contribution in [0.25, 0.3) is 0 Å². The lowest BCUT2D eigenvalue weighted by Crippen LogP contribution is -2.03. The first-order valence-corrected chi connectivity index (χ1v) is 6.38. The third kappa shape index (κ3) is 4.70. The first-order valence-electron chi connectivity index (χ1n) is 6.00. The maximum atomic E-state index is 5.98. The van der Waals surface area contributed by atoms with Gasteiger partial charge in [0.05, 0.1) is 0 Å². The first-order chi connectivity index (χ1) is 7.26. The van der Waals surface area contributed by atoms with Crippen molar-refractivity contribution in [2.45, 2.75) is 46.0 Å². The van der Waals surface area contributed by atoms with Gasteiger partial charge in [-0.05, 0) is 30.0 Å². The average molecular weight is 225 g/mol. The molecule has 0 aliphatic heterocycles. The van der Waals surface area contributed by atoms with Crippen LogP contribution in [0.15, 0.2) is 24.3 Å². The molecule has 0 unspecified atom stereocenters. The van der Waals surface area contributed by atoms with E-state index in [0.29, 0.717) is 0 Å². The summed E-state index contributed by atoms with van der Waals surface area (Å²) in [6.07, 6.45) is 6.44. The van der Waals surface area contributed by atoms with E-state index in [9.17, 15) is 0 Å². The summed E-state index contributed by atoms with van der Waals surface area (Å²) >= 11 is 5.98. The molecule has 0 aliphatic rings. The topological polar surface area (TPSA) is 0 Å². The summed E-state index contributed by atoms with van der Waals surface area (Å²) in [5, 5.41) is 0.859. The van der Waals surface area contributed by atoms with Gasteiger partial charge in [-0.25, -0.2) is 0 Å². The van der Waals surface area contributed by atoms with Gasteiger partial charge in [-0.1, -0.05) is 63.3 Å². The molecule has 0 N–H and O–H groups in total. The molecule has 1 atom stereocenters. The Kier molecular flexibility index (Phi) is 5.78. The first kappa shape index (κ1) is 12.6. The number of benzene rings is 1. The van der Waals surface area contributed by atoms with Gasteiger partial charge in [0.1, 0.15) is 0 Å². The van der Waals surface area contributed by atoms with E-state index in [2.05, 4.69) is 26.0 Å². The van der Waals surface area contributed by atoms with Crippen LogP contribution in [0.1, 0.15) is 45.1 Å². The highest BCUT2D eigenvalue weighted by Gasteiger charge is 2.06. The summed E-state index contributed by atoms with van der Waals surface area (Å²) in [6, 6.07) is 8.26. The lowest BCUT2D eigenvalue weighted by molar-refractivity contribution is 0.449. The lowest BCUT2D eigenvalue weighted by atomic mass is 9.92. The molecule has 0 aromatic heterocycles. The molecule has 1 rings (SSSR count). The highest BCUT2D eigenvalue weighted by Crippen LogP contribution is 2.20. The molecule has 1 aromatic carbocycles. The molecule has 1 heteroatoms. The zero-order chi connectivity index (χ0) is 11.1. The molecule has 0 spiro atoms. The van der Waals surface area contributed by atoms with Crippen molar-refractivity contribution < 1.29 is 0 Å². The Balaban J connectivity index is 2.50. The van der Waals surface area contributed by atoms with Crippen LogP contribution in [0.2, 0.25) is 5.02 Å². The van der Waals surface area contributed by atoms with Crippen molar-refractivity contribution in [3.05, 3.63) is 34.9 Å². The van der Waals surface area contributed by atoms with Crippen LogP contribution in [-0.4, -0.2) is 0 Å². The predicted octanol–water partition coefficient (Wildman–Crippen LogP) is 5.10. The summed E-state index contributed by atoms with van der Waals surface area (Å²) in [5.41, 5.74) is 1.38. The normalized spacial score (nSPS) is 12.7. The predicted molar refractivity (Wildman–Crippen MR) is 68.5 cm³/mol. The van der Waals surface area contributed by atoms with Crippen LogP contribution in [0.4, 0.5) is 0 Å². The molecule has 15 heavy (non-hydrogen) atoms. The van der Waals surface area contributed by atoms with Crippen molar-refractivity contribution in [3.63, 3.8) is 0 Å². The molecule has 0 nitrogen and oxygen atoms in total. The molecular formula is C14H21Cl. The molecule has 0 saturated heterocycles. The van der Waals surface area contributed by atoms with E-state index in [4.69, 9.17) is 11.6 Å². The standard InChI is InChI=1S/C14H21Cl/c1-3-5-7-12(4-2)10-13-8-6-9-14(15)11-13/h6,8-9,11-12H,3-5,7,10H2,1-2H3/t12-/m0/s1. The highest BCUT2D eigenvalue weighted by atomic mass is 35.5. The second kappa shape index (κ2) is 6.90. The number of hydrogen-bond donors (Lipinski definition) is 0. The van der Waals surface area contributed by atoms with Gasteiger partial charge in [0, 0.05) is 5.02 Å². The van der Waals surface area contributed by atoms with Gasteiger partial charge in [0.25, 0.3) is 0 Å². The Bertz CT molecular complexity index is 280. The smallest absolute Gasteiger partial charge is 0.0408 e. The van der Waals surface area contributed by atoms with Gasteiger partial charge < -0.3 is 0 Å². The molecule has 0 radical (unpaired) electrons. The summed E-state index contributed by atoms with van der Waals surface area (Å²) < 4.78 is 0. The average Bonchev–Trinajstić information content (AvgIpc) is 2.24. The Morgan fingerprint density at radius 1 is 1.27 bits per heavy atom. The Morgan fingerprint density at radius 2 is 2.07 bits per heavy atom. The number of halogens is 1. The second-order valence-electron chi connectivity index (χ2n) is 4.25. The van der Waals surface area contributed by atoms with E-state index in [0.717, 1.165) is 10.9 Å². The van der Waals surface area contributed by atoms with Gasteiger partial charge in [0.15, 0.2) is 0 Å². The molecular weight excluding hydrogens is 204 g/mol. The molecule has 0 heterocycles. The summed E-state index contributed by atoms with van der Waals surface area (Å²) in [5.74, 6) is 0.823. The third-order valence-electron chi connectivity index (χ3n) is 2.96. The van der Waals surface area contributed by atoms with Gasteiger partial charge in [-0.3, -0.25) is 0 Å². The van der Waals surface area contributed by atoms with Crippen LogP contribution in [0, 0.1) is 5.92 Å². The van der Waals surface area contributed by atoms with E-state index in [1.54, 1.807) is 0 Å². The van der Waals surface area contributed by atoms with Crippen LogP contribution >= 0.6 is 11.6 Å². The van der Waals surface area contributed by atoms with E-state index >= 15 is 0 Å². The minimum atomic E-state index is 0.823. The quantitative estimate of drug-likeness (QED) is 0.631. The molecule has 1 aromatic rings. The fourth-order valence-corrected chi connectivity index (χ4v) is 2.15. The maximum absolute atomic E-state index is 5.98. The SMILES string of the molecule is CCCC[C@H](CC)Cc1cccc(Cl)c1. The van der Waals surface area contributed by atoms with Crippen molar-refractivity contribution in [2.75, 3.05) is 0 Å². The Hall–Kier alpha value is -0.490. The Morgan fingerprint density at radius 3 is 2.67 bits per heavy atom. The fraction of sp³-hybridized carbons (Fsp3) is 0.571. The highest BCUT2D eigenvalue weighted by molar-refractivity contribution is 6.30. The monoisotopic (exact) mass is 224 g/mol. The fourth-order valence-electron chi connectivity index (χ4n) is 1.94. The van der Waals surface area contributed by atoms with Gasteiger partial charge >= 0.3 is 0 Å². The molecule has 0 amide bonds. The third-order valence-corrected chi connectivity index (χ3v) is 3.19. The van der Waals surface area contributed by atoms with Gasteiger partial charge in [-0.15, -0.1) is 0 Å². The van der Waals surface area contributed by atoms with Crippen LogP contribution in [0.3, 0.4) is 0 Å². The minimum Gasteiger partial charge on any atom is -0.0843 e. The molecule has 84 valence electrons. The number of hydrogen-bond acceptors (Lipinski definition) is 0. The van der Waals surface area contributed by atoms with Gasteiger partial charge in [-0.2, -0.15) is 0 Å². The van der Waals surface area contributed by atoms with Crippen molar-refractivity contribution in [1.82, 2.24) is 0 Å². The van der Waals surface area contributed by atoms with E-state index in [1.165, 1.54) is 37.7 Å². The van der Waals surface area contributed by atoms with Crippen LogP contribution in [-0.2, 0) is 6.42 Å². The zero-order valence-electron chi connectivity index (χ0n) is 9.80. The molecule has 0 saturated carbocycles. The summed E-state index contributed by atoms with van der Waals surface area (Å²) in [6.45, 7) is 4.54. The van der Waals surface area contributed by atoms with Crippen molar-refractivity contribution >= 4 is 11.6 Å². The van der Waals surface area contributed by atoms with E-state index in [-0.39, 0.29) is 0 Å². The maximum Gasteiger partial charge on any atom is 0.0408 e. The van der Waals surface area contributed by atoms with Crippen LogP contribution in [0.5, 0.6) is 0 Å². The Labute approximate surface area is 98.7 Å². The van der Waals surface area contributed by atoms with Crippen molar-refractivity contribution in [1.29, 1.82) is 0 Å². The van der Waals surface area contributed by atoms with Gasteiger partial charge in [0.2, 0.25) is 0 Å². The molecule has 0 fully saturated rings. The minimum absolute atomic E-state index is 0.823. The molecule has 0 aliphatic carbocycles. The zero-order valence-corrected chi connectivity index (χ0v) is 10.6. The number of rotatable bonds is 6. The molecule has 0 bridgehead atoms. The number of unbranched alkanes of at least 4 members (excludes halogenated alkanes) is 1. The van der Waals surface area contributed by atoms with Crippen LogP contribution < -0.4 is 0 Å². The van der Waals surface area contributed by atoms with Crippen molar-refractivity contribution in [3.8, 4) is 0 Å². The lowest BCUT2D eigenvalue weighted by Gasteiger charge is -2.14. The summed E-state index contributed by atoms with van der Waals surface area (Å²) in [4.78, 5) is 0. The second-order valence-corrected chi connectivity index (χ2v) is 4.69. The summed E-state index contributed by atoms with van der Waals surface area (Å²) in [7, 11) is 0.